The van der Waals surface area contributed by atoms with Crippen LogP contribution in [0.1, 0.15) is 27.7 Å². The van der Waals surface area contributed by atoms with Gasteiger partial charge in [-0.25, -0.2) is 0 Å². The molecule has 1 aromatic carbocycles. The van der Waals surface area contributed by atoms with Crippen LogP contribution in [-0.4, -0.2) is 17.1 Å². The second-order valence-corrected chi connectivity index (χ2v) is 7.69. The minimum atomic E-state index is -0.602. The summed E-state index contributed by atoms with van der Waals surface area (Å²) < 4.78 is 5.61. The van der Waals surface area contributed by atoms with Crippen LogP contribution in [0.4, 0.5) is 0 Å². The lowest BCUT2D eigenvalue weighted by atomic mass is 10.2. The van der Waals surface area contributed by atoms with Gasteiger partial charge in [0.15, 0.2) is 6.10 Å². The van der Waals surface area contributed by atoms with E-state index in [0.29, 0.717) is 12.3 Å². The zero-order valence-electron chi connectivity index (χ0n) is 13.7. The maximum Gasteiger partial charge on any atom is 0.261 e. The van der Waals surface area contributed by atoms with Gasteiger partial charge in [-0.05, 0) is 42.6 Å². The zero-order chi connectivity index (χ0) is 17.6. The molecule has 2 aromatic heterocycles. The fraction of sp³-hybridized carbons (Fsp3) is 0.211. The molecule has 3 aromatic rings. The summed E-state index contributed by atoms with van der Waals surface area (Å²) in [6.45, 7) is 2.14. The molecule has 6 heteroatoms. The average Bonchev–Trinajstić information content (AvgIpc) is 3.32. The number of thiophene rings is 2. The van der Waals surface area contributed by atoms with Crippen molar-refractivity contribution in [3.8, 4) is 5.75 Å². The van der Waals surface area contributed by atoms with E-state index in [-0.39, 0.29) is 5.91 Å². The molecule has 1 amide bonds. The quantitative estimate of drug-likeness (QED) is 0.659. The third-order valence-corrected chi connectivity index (χ3v) is 5.69. The molecule has 2 unspecified atom stereocenters. The molecule has 0 radical (unpaired) electrons. The molecule has 0 aliphatic heterocycles. The van der Waals surface area contributed by atoms with Crippen molar-refractivity contribution in [3.05, 3.63) is 74.6 Å². The highest BCUT2D eigenvalue weighted by Crippen LogP contribution is 2.30. The van der Waals surface area contributed by atoms with Crippen LogP contribution in [-0.2, 0) is 11.3 Å². The summed E-state index contributed by atoms with van der Waals surface area (Å²) >= 11 is 3.03. The summed E-state index contributed by atoms with van der Waals surface area (Å²) in [5.74, 6) is 0.500. The van der Waals surface area contributed by atoms with Crippen molar-refractivity contribution in [2.24, 2.45) is 0 Å². The number of aliphatic hydroxyl groups is 1. The van der Waals surface area contributed by atoms with Crippen molar-refractivity contribution in [2.45, 2.75) is 25.7 Å². The molecular formula is C19H19NO3S2. The normalized spacial score (nSPS) is 13.2. The number of benzene rings is 1. The summed E-state index contributed by atoms with van der Waals surface area (Å²) in [7, 11) is 0. The molecule has 0 saturated heterocycles. The Bertz CT molecular complexity index is 799. The largest absolute Gasteiger partial charge is 0.481 e. The zero-order valence-corrected chi connectivity index (χ0v) is 15.3. The minimum absolute atomic E-state index is 0.169. The number of aliphatic hydroxyl groups excluding tert-OH is 1. The number of para-hydroxylation sites is 1. The Hall–Kier alpha value is -2.15. The highest BCUT2D eigenvalue weighted by atomic mass is 32.1. The van der Waals surface area contributed by atoms with Crippen molar-refractivity contribution < 1.29 is 14.6 Å². The van der Waals surface area contributed by atoms with E-state index < -0.39 is 12.2 Å². The first-order valence-corrected chi connectivity index (χ1v) is 9.62. The standard InChI is InChI=1S/C19H19NO3S2/c1-13(23-14-6-3-2-4-7-14)19(22)20-12-15-9-10-17(25-15)18(21)16-8-5-11-24-16/h2-11,13,18,21H,12H2,1H3,(H,20,22). The summed E-state index contributed by atoms with van der Waals surface area (Å²) in [6.07, 6.45) is -1.17. The number of hydrogen-bond donors (Lipinski definition) is 2. The van der Waals surface area contributed by atoms with Crippen LogP contribution in [0.2, 0.25) is 0 Å². The van der Waals surface area contributed by atoms with Crippen molar-refractivity contribution in [1.29, 1.82) is 0 Å². The summed E-state index contributed by atoms with van der Waals surface area (Å²) in [5, 5.41) is 15.2. The first kappa shape index (κ1) is 17.7. The second kappa shape index (κ2) is 8.29. The van der Waals surface area contributed by atoms with Crippen LogP contribution < -0.4 is 10.1 Å². The molecule has 0 saturated carbocycles. The number of hydrogen-bond acceptors (Lipinski definition) is 5. The molecule has 2 atom stereocenters. The number of rotatable bonds is 7. The van der Waals surface area contributed by atoms with Gasteiger partial charge < -0.3 is 15.2 Å². The van der Waals surface area contributed by atoms with E-state index in [1.165, 1.54) is 22.7 Å². The summed E-state index contributed by atoms with van der Waals surface area (Å²) in [6, 6.07) is 16.9. The van der Waals surface area contributed by atoms with Gasteiger partial charge in [-0.3, -0.25) is 4.79 Å². The van der Waals surface area contributed by atoms with Gasteiger partial charge in [-0.2, -0.15) is 0 Å². The van der Waals surface area contributed by atoms with Gasteiger partial charge in [0.25, 0.3) is 5.91 Å². The predicted molar refractivity (Wildman–Crippen MR) is 101 cm³/mol. The first-order valence-electron chi connectivity index (χ1n) is 7.93. The molecule has 4 nitrogen and oxygen atoms in total. The Labute approximate surface area is 154 Å². The van der Waals surface area contributed by atoms with Gasteiger partial charge in [0.2, 0.25) is 0 Å². The number of amides is 1. The number of carbonyl (C=O) groups excluding carboxylic acids is 1. The van der Waals surface area contributed by atoms with E-state index in [0.717, 1.165) is 14.6 Å². The summed E-state index contributed by atoms with van der Waals surface area (Å²) in [5.41, 5.74) is 0. The number of carbonyl (C=O) groups is 1. The van der Waals surface area contributed by atoms with Crippen LogP contribution in [0.5, 0.6) is 5.75 Å². The predicted octanol–water partition coefficient (Wildman–Crippen LogP) is 3.98. The van der Waals surface area contributed by atoms with Crippen LogP contribution in [0, 0.1) is 0 Å². The molecule has 0 aliphatic rings. The Morgan fingerprint density at radius 2 is 1.92 bits per heavy atom. The lowest BCUT2D eigenvalue weighted by Crippen LogP contribution is -2.35. The van der Waals surface area contributed by atoms with Crippen LogP contribution in [0.25, 0.3) is 0 Å². The van der Waals surface area contributed by atoms with Crippen LogP contribution in [0.15, 0.2) is 60.0 Å². The molecule has 0 spiro atoms. The van der Waals surface area contributed by atoms with Gasteiger partial charge in [0.05, 0.1) is 6.54 Å². The third kappa shape index (κ3) is 4.69. The molecule has 0 aliphatic carbocycles. The molecule has 3 rings (SSSR count). The van der Waals surface area contributed by atoms with Crippen LogP contribution >= 0.6 is 22.7 Å². The second-order valence-electron chi connectivity index (χ2n) is 5.51. The monoisotopic (exact) mass is 373 g/mol. The van der Waals surface area contributed by atoms with Crippen LogP contribution in [0.3, 0.4) is 0 Å². The summed E-state index contributed by atoms with van der Waals surface area (Å²) in [4.78, 5) is 15.0. The molecular weight excluding hydrogens is 354 g/mol. The van der Waals surface area contributed by atoms with E-state index in [1.807, 2.05) is 60.0 Å². The fourth-order valence-corrected chi connectivity index (χ4v) is 4.06. The lowest BCUT2D eigenvalue weighted by molar-refractivity contribution is -0.127. The molecule has 2 heterocycles. The Morgan fingerprint density at radius 1 is 1.12 bits per heavy atom. The Kier molecular flexibility index (Phi) is 5.86. The average molecular weight is 373 g/mol. The van der Waals surface area contributed by atoms with Gasteiger partial charge in [0, 0.05) is 14.6 Å². The third-order valence-electron chi connectivity index (χ3n) is 3.63. The highest BCUT2D eigenvalue weighted by Gasteiger charge is 2.16. The SMILES string of the molecule is CC(Oc1ccccc1)C(=O)NCc1ccc(C(O)c2cccs2)s1. The minimum Gasteiger partial charge on any atom is -0.481 e. The van der Waals surface area contributed by atoms with Crippen molar-refractivity contribution >= 4 is 28.6 Å². The van der Waals surface area contributed by atoms with E-state index in [4.69, 9.17) is 4.74 Å². The first-order chi connectivity index (χ1) is 12.1. The van der Waals surface area contributed by atoms with E-state index >= 15 is 0 Å². The smallest absolute Gasteiger partial charge is 0.261 e. The van der Waals surface area contributed by atoms with E-state index in [9.17, 15) is 9.90 Å². The van der Waals surface area contributed by atoms with Gasteiger partial charge >= 0.3 is 0 Å². The molecule has 0 fully saturated rings. The molecule has 130 valence electrons. The Balaban J connectivity index is 1.52. The Morgan fingerprint density at radius 3 is 2.64 bits per heavy atom. The molecule has 25 heavy (non-hydrogen) atoms. The fourth-order valence-electron chi connectivity index (χ4n) is 2.30. The lowest BCUT2D eigenvalue weighted by Gasteiger charge is -2.14. The van der Waals surface area contributed by atoms with Gasteiger partial charge in [0.1, 0.15) is 11.9 Å². The van der Waals surface area contributed by atoms with Crippen molar-refractivity contribution in [2.75, 3.05) is 0 Å². The topological polar surface area (TPSA) is 58.6 Å². The van der Waals surface area contributed by atoms with E-state index in [1.54, 1.807) is 6.92 Å². The van der Waals surface area contributed by atoms with E-state index in [2.05, 4.69) is 5.32 Å². The highest BCUT2D eigenvalue weighted by molar-refractivity contribution is 7.12. The van der Waals surface area contributed by atoms with Crippen molar-refractivity contribution in [1.82, 2.24) is 5.32 Å². The molecule has 2 N–H and O–H groups in total. The van der Waals surface area contributed by atoms with Gasteiger partial charge in [-0.1, -0.05) is 24.3 Å². The maximum absolute atomic E-state index is 12.2. The number of nitrogens with one attached hydrogen (secondary N) is 1. The maximum atomic E-state index is 12.2. The van der Waals surface area contributed by atoms with Crippen molar-refractivity contribution in [3.63, 3.8) is 0 Å². The van der Waals surface area contributed by atoms with Gasteiger partial charge in [-0.15, -0.1) is 22.7 Å². The number of ether oxygens (including phenoxy) is 1. The molecule has 0 bridgehead atoms.